The van der Waals surface area contributed by atoms with Crippen molar-refractivity contribution < 1.29 is 0 Å². The number of nitrogens with zero attached hydrogens (tertiary/aromatic N) is 1. The molecule has 0 N–H and O–H groups in total. The summed E-state index contributed by atoms with van der Waals surface area (Å²) in [6.45, 7) is 7.74. The van der Waals surface area contributed by atoms with Gasteiger partial charge in [-0.1, -0.05) is 19.9 Å². The molecule has 0 radical (unpaired) electrons. The summed E-state index contributed by atoms with van der Waals surface area (Å²) in [6.07, 6.45) is 7.01. The fourth-order valence-corrected chi connectivity index (χ4v) is 0.935. The van der Waals surface area contributed by atoms with Gasteiger partial charge in [-0.3, -0.25) is 0 Å². The van der Waals surface area contributed by atoms with Crippen LogP contribution >= 0.6 is 0 Å². The maximum absolute atomic E-state index is 2.31. The molecule has 0 aliphatic rings. The van der Waals surface area contributed by atoms with E-state index in [1.807, 2.05) is 0 Å². The average molecular weight is 155 g/mol. The van der Waals surface area contributed by atoms with Gasteiger partial charge >= 0.3 is 0 Å². The highest BCUT2D eigenvalue weighted by Gasteiger charge is 1.96. The lowest BCUT2D eigenvalue weighted by Gasteiger charge is -2.12. The van der Waals surface area contributed by atoms with Gasteiger partial charge in [-0.25, -0.2) is 0 Å². The van der Waals surface area contributed by atoms with Gasteiger partial charge in [0.05, 0.1) is 0 Å². The first-order valence-electron chi connectivity index (χ1n) is 4.63. The van der Waals surface area contributed by atoms with Crippen LogP contribution in [-0.2, 0) is 0 Å². The molecule has 0 spiro atoms. The summed E-state index contributed by atoms with van der Waals surface area (Å²) in [5.41, 5.74) is 0. The molecule has 0 bridgehead atoms. The van der Waals surface area contributed by atoms with Crippen molar-refractivity contribution in [2.75, 3.05) is 13.6 Å². The molecule has 0 aliphatic heterocycles. The second kappa shape index (κ2) is 6.26. The molecular formula is C10H21N. The number of rotatable bonds is 5. The Labute approximate surface area is 71.1 Å². The van der Waals surface area contributed by atoms with Gasteiger partial charge in [-0.05, 0) is 31.9 Å². The first-order chi connectivity index (χ1) is 5.24. The molecule has 0 amide bonds. The summed E-state index contributed by atoms with van der Waals surface area (Å²) >= 11 is 0. The SMILES string of the molecule is CCC(C=CN(C)CC)CC. The minimum Gasteiger partial charge on any atom is -0.381 e. The first kappa shape index (κ1) is 10.5. The molecule has 0 fully saturated rings. The number of allylic oxidation sites excluding steroid dienone is 1. The molecule has 66 valence electrons. The molecule has 0 aromatic rings. The Bertz CT molecular complexity index is 103. The standard InChI is InChI=1S/C10H21N/c1-5-10(6-2)8-9-11(4)7-3/h8-10H,5-7H2,1-4H3. The maximum Gasteiger partial charge on any atom is 0.0140 e. The molecule has 1 heteroatoms. The molecule has 0 aromatic heterocycles. The highest BCUT2D eigenvalue weighted by Crippen LogP contribution is 2.08. The number of hydrogen-bond acceptors (Lipinski definition) is 1. The molecule has 0 atom stereocenters. The monoisotopic (exact) mass is 155 g/mol. The lowest BCUT2D eigenvalue weighted by atomic mass is 10.0. The van der Waals surface area contributed by atoms with E-state index in [0.29, 0.717) is 0 Å². The van der Waals surface area contributed by atoms with Crippen LogP contribution in [0.2, 0.25) is 0 Å². The number of hydrogen-bond donors (Lipinski definition) is 0. The molecule has 0 heterocycles. The molecule has 0 rings (SSSR count). The average Bonchev–Trinajstić information content (AvgIpc) is 2.06. The van der Waals surface area contributed by atoms with Crippen molar-refractivity contribution in [3.63, 3.8) is 0 Å². The van der Waals surface area contributed by atoms with Crippen LogP contribution < -0.4 is 0 Å². The molecule has 11 heavy (non-hydrogen) atoms. The van der Waals surface area contributed by atoms with E-state index in [0.717, 1.165) is 12.5 Å². The Morgan fingerprint density at radius 2 is 1.73 bits per heavy atom. The van der Waals surface area contributed by atoms with Gasteiger partial charge in [0.15, 0.2) is 0 Å². The quantitative estimate of drug-likeness (QED) is 0.590. The molecular weight excluding hydrogens is 134 g/mol. The molecule has 0 aromatic carbocycles. The molecule has 0 aliphatic carbocycles. The molecule has 0 saturated heterocycles. The zero-order valence-corrected chi connectivity index (χ0v) is 8.30. The van der Waals surface area contributed by atoms with Crippen molar-refractivity contribution in [1.29, 1.82) is 0 Å². The van der Waals surface area contributed by atoms with Crippen molar-refractivity contribution in [1.82, 2.24) is 4.90 Å². The molecule has 1 nitrogen and oxygen atoms in total. The summed E-state index contributed by atoms with van der Waals surface area (Å²) in [4.78, 5) is 2.21. The summed E-state index contributed by atoms with van der Waals surface area (Å²) in [5, 5.41) is 0. The smallest absolute Gasteiger partial charge is 0.0140 e. The Hall–Kier alpha value is -0.460. The highest BCUT2D eigenvalue weighted by molar-refractivity contribution is 4.85. The van der Waals surface area contributed by atoms with Gasteiger partial charge in [-0.15, -0.1) is 0 Å². The minimum absolute atomic E-state index is 0.768. The van der Waals surface area contributed by atoms with Crippen LogP contribution in [0.4, 0.5) is 0 Å². The van der Waals surface area contributed by atoms with Crippen LogP contribution in [-0.4, -0.2) is 18.5 Å². The second-order valence-corrected chi connectivity index (χ2v) is 2.99. The summed E-state index contributed by atoms with van der Waals surface area (Å²) in [7, 11) is 2.11. The minimum atomic E-state index is 0.768. The van der Waals surface area contributed by atoms with Gasteiger partial charge in [0, 0.05) is 13.6 Å². The predicted octanol–water partition coefficient (Wildman–Crippen LogP) is 2.89. The van der Waals surface area contributed by atoms with Crippen LogP contribution in [0.15, 0.2) is 12.3 Å². The zero-order chi connectivity index (χ0) is 8.69. The van der Waals surface area contributed by atoms with Gasteiger partial charge in [0.1, 0.15) is 0 Å². The maximum atomic E-state index is 2.31. The Balaban J connectivity index is 3.68. The topological polar surface area (TPSA) is 3.24 Å². The third kappa shape index (κ3) is 4.88. The van der Waals surface area contributed by atoms with E-state index in [9.17, 15) is 0 Å². The van der Waals surface area contributed by atoms with E-state index in [1.54, 1.807) is 0 Å². The van der Waals surface area contributed by atoms with Gasteiger partial charge in [-0.2, -0.15) is 0 Å². The zero-order valence-electron chi connectivity index (χ0n) is 8.30. The van der Waals surface area contributed by atoms with E-state index in [2.05, 4.69) is 45.0 Å². The van der Waals surface area contributed by atoms with Gasteiger partial charge in [0.25, 0.3) is 0 Å². The van der Waals surface area contributed by atoms with Crippen LogP contribution in [0.1, 0.15) is 33.6 Å². The van der Waals surface area contributed by atoms with E-state index in [1.165, 1.54) is 12.8 Å². The third-order valence-electron chi connectivity index (χ3n) is 2.16. The van der Waals surface area contributed by atoms with Crippen LogP contribution in [0.5, 0.6) is 0 Å². The fourth-order valence-electron chi connectivity index (χ4n) is 0.935. The van der Waals surface area contributed by atoms with Crippen LogP contribution in [0.3, 0.4) is 0 Å². The normalized spacial score (nSPS) is 11.4. The first-order valence-corrected chi connectivity index (χ1v) is 4.63. The third-order valence-corrected chi connectivity index (χ3v) is 2.16. The van der Waals surface area contributed by atoms with Gasteiger partial charge in [0.2, 0.25) is 0 Å². The van der Waals surface area contributed by atoms with Crippen molar-refractivity contribution in [2.24, 2.45) is 5.92 Å². The van der Waals surface area contributed by atoms with Crippen molar-refractivity contribution in [2.45, 2.75) is 33.6 Å². The Morgan fingerprint density at radius 1 is 1.18 bits per heavy atom. The van der Waals surface area contributed by atoms with E-state index < -0.39 is 0 Å². The van der Waals surface area contributed by atoms with Crippen molar-refractivity contribution >= 4 is 0 Å². The summed E-state index contributed by atoms with van der Waals surface area (Å²) in [6, 6.07) is 0. The van der Waals surface area contributed by atoms with Crippen molar-refractivity contribution in [3.8, 4) is 0 Å². The predicted molar refractivity (Wildman–Crippen MR) is 51.5 cm³/mol. The Kier molecular flexibility index (Phi) is 6.00. The fraction of sp³-hybridized carbons (Fsp3) is 0.800. The van der Waals surface area contributed by atoms with Crippen LogP contribution in [0, 0.1) is 5.92 Å². The van der Waals surface area contributed by atoms with E-state index >= 15 is 0 Å². The largest absolute Gasteiger partial charge is 0.381 e. The van der Waals surface area contributed by atoms with Crippen LogP contribution in [0.25, 0.3) is 0 Å². The lowest BCUT2D eigenvalue weighted by molar-refractivity contribution is 0.473. The molecule has 0 saturated carbocycles. The summed E-state index contributed by atoms with van der Waals surface area (Å²) in [5.74, 6) is 0.768. The summed E-state index contributed by atoms with van der Waals surface area (Å²) < 4.78 is 0. The van der Waals surface area contributed by atoms with E-state index in [4.69, 9.17) is 0 Å². The Morgan fingerprint density at radius 3 is 2.09 bits per heavy atom. The van der Waals surface area contributed by atoms with Gasteiger partial charge < -0.3 is 4.90 Å². The highest BCUT2D eigenvalue weighted by atomic mass is 15.1. The second-order valence-electron chi connectivity index (χ2n) is 2.99. The lowest BCUT2D eigenvalue weighted by Crippen LogP contribution is -2.09. The molecule has 0 unspecified atom stereocenters. The van der Waals surface area contributed by atoms with Crippen molar-refractivity contribution in [3.05, 3.63) is 12.3 Å². The van der Waals surface area contributed by atoms with E-state index in [-0.39, 0.29) is 0 Å².